The van der Waals surface area contributed by atoms with Gasteiger partial charge in [-0.1, -0.05) is 46.4 Å². The second-order valence-electron chi connectivity index (χ2n) is 3.43. The Hall–Kier alpha value is -0.800. The Kier molecular flexibility index (Phi) is 4.13. The van der Waals surface area contributed by atoms with Crippen LogP contribution in [0, 0.1) is 0 Å². The maximum absolute atomic E-state index is 10.7. The van der Waals surface area contributed by atoms with Crippen LogP contribution in [0.2, 0.25) is 20.1 Å². The van der Waals surface area contributed by atoms with E-state index < -0.39 is 0 Å². The topological polar surface area (TPSA) is 30.0 Å². The molecule has 2 nitrogen and oxygen atoms in total. The number of nitrogens with zero attached hydrogens (tertiary/aromatic N) is 1. The minimum absolute atomic E-state index is 0.247. The minimum Gasteiger partial charge on any atom is -0.296 e. The van der Waals surface area contributed by atoms with Crippen molar-refractivity contribution in [3.05, 3.63) is 50.0 Å². The molecule has 0 saturated heterocycles. The van der Waals surface area contributed by atoms with E-state index in [2.05, 4.69) is 4.98 Å². The molecule has 0 aliphatic rings. The van der Waals surface area contributed by atoms with Gasteiger partial charge in [0.05, 0.1) is 20.8 Å². The maximum atomic E-state index is 10.7. The van der Waals surface area contributed by atoms with Gasteiger partial charge in [0.1, 0.15) is 5.69 Å². The van der Waals surface area contributed by atoms with Crippen molar-refractivity contribution in [3.8, 4) is 11.3 Å². The van der Waals surface area contributed by atoms with E-state index in [4.69, 9.17) is 46.4 Å². The molecule has 0 aliphatic carbocycles. The molecule has 0 fully saturated rings. The van der Waals surface area contributed by atoms with E-state index in [-0.39, 0.29) is 5.69 Å². The smallest absolute Gasteiger partial charge is 0.168 e. The zero-order chi connectivity index (χ0) is 13.3. The molecule has 0 bridgehead atoms. The molecule has 1 aromatic carbocycles. The van der Waals surface area contributed by atoms with Crippen LogP contribution in [-0.2, 0) is 0 Å². The van der Waals surface area contributed by atoms with Crippen LogP contribution in [0.15, 0.2) is 24.3 Å². The third kappa shape index (κ3) is 2.62. The van der Waals surface area contributed by atoms with Crippen molar-refractivity contribution in [2.45, 2.75) is 0 Å². The molecule has 92 valence electrons. The summed E-state index contributed by atoms with van der Waals surface area (Å²) in [5, 5.41) is 1.41. The zero-order valence-electron chi connectivity index (χ0n) is 8.75. The monoisotopic (exact) mass is 319 g/mol. The van der Waals surface area contributed by atoms with E-state index in [0.29, 0.717) is 37.6 Å². The highest BCUT2D eigenvalue weighted by molar-refractivity contribution is 6.43. The molecule has 18 heavy (non-hydrogen) atoms. The Balaban J connectivity index is 2.72. The first-order valence-electron chi connectivity index (χ1n) is 4.79. The molecular formula is C12H5Cl4NO. The van der Waals surface area contributed by atoms with Gasteiger partial charge in [-0.05, 0) is 24.3 Å². The summed E-state index contributed by atoms with van der Waals surface area (Å²) in [7, 11) is 0. The molecule has 0 amide bonds. The van der Waals surface area contributed by atoms with Crippen LogP contribution in [0.25, 0.3) is 11.3 Å². The number of hydrogen-bond acceptors (Lipinski definition) is 2. The molecule has 0 aliphatic heterocycles. The fourth-order valence-electron chi connectivity index (χ4n) is 1.47. The zero-order valence-corrected chi connectivity index (χ0v) is 11.8. The molecule has 1 heterocycles. The molecule has 2 rings (SSSR count). The molecule has 0 unspecified atom stereocenters. The second kappa shape index (κ2) is 5.45. The van der Waals surface area contributed by atoms with Gasteiger partial charge in [-0.25, -0.2) is 4.98 Å². The highest BCUT2D eigenvalue weighted by Crippen LogP contribution is 2.39. The van der Waals surface area contributed by atoms with Crippen LogP contribution in [0.5, 0.6) is 0 Å². The Morgan fingerprint density at radius 2 is 1.56 bits per heavy atom. The normalized spacial score (nSPS) is 10.4. The summed E-state index contributed by atoms with van der Waals surface area (Å²) in [5.74, 6) is 0. The van der Waals surface area contributed by atoms with Crippen LogP contribution in [0.1, 0.15) is 10.5 Å². The van der Waals surface area contributed by atoms with E-state index in [1.54, 1.807) is 6.07 Å². The second-order valence-corrected chi connectivity index (χ2v) is 5.09. The Labute approximate surface area is 123 Å². The van der Waals surface area contributed by atoms with Gasteiger partial charge in [0.25, 0.3) is 0 Å². The predicted molar refractivity (Wildman–Crippen MR) is 75.1 cm³/mol. The van der Waals surface area contributed by atoms with Crippen molar-refractivity contribution in [3.63, 3.8) is 0 Å². The molecule has 2 aromatic rings. The number of carbonyl (C=O) groups excluding carboxylic acids is 1. The van der Waals surface area contributed by atoms with Crippen LogP contribution >= 0.6 is 46.4 Å². The molecule has 0 spiro atoms. The molecule has 0 N–H and O–H groups in total. The average molecular weight is 321 g/mol. The average Bonchev–Trinajstić information content (AvgIpc) is 2.30. The van der Waals surface area contributed by atoms with Gasteiger partial charge in [0.15, 0.2) is 6.29 Å². The lowest BCUT2D eigenvalue weighted by Gasteiger charge is -2.09. The first kappa shape index (κ1) is 13.6. The number of aromatic nitrogens is 1. The van der Waals surface area contributed by atoms with Gasteiger partial charge < -0.3 is 0 Å². The summed E-state index contributed by atoms with van der Waals surface area (Å²) in [5.41, 5.74) is 1.06. The number of halogens is 4. The van der Waals surface area contributed by atoms with Crippen molar-refractivity contribution < 1.29 is 4.79 Å². The van der Waals surface area contributed by atoms with Gasteiger partial charge in [-0.2, -0.15) is 0 Å². The Morgan fingerprint density at radius 1 is 0.944 bits per heavy atom. The lowest BCUT2D eigenvalue weighted by Crippen LogP contribution is -1.93. The van der Waals surface area contributed by atoms with E-state index >= 15 is 0 Å². The molecule has 0 saturated carbocycles. The molecular weight excluding hydrogens is 316 g/mol. The van der Waals surface area contributed by atoms with Crippen LogP contribution < -0.4 is 0 Å². The Morgan fingerprint density at radius 3 is 2.11 bits per heavy atom. The van der Waals surface area contributed by atoms with E-state index in [0.717, 1.165) is 0 Å². The summed E-state index contributed by atoms with van der Waals surface area (Å²) in [6.45, 7) is 0. The maximum Gasteiger partial charge on any atom is 0.168 e. The van der Waals surface area contributed by atoms with Crippen molar-refractivity contribution in [1.82, 2.24) is 4.98 Å². The number of benzene rings is 1. The highest BCUT2D eigenvalue weighted by atomic mass is 35.5. The summed E-state index contributed by atoms with van der Waals surface area (Å²) in [6, 6.07) is 6.15. The molecule has 0 radical (unpaired) electrons. The molecule has 6 heteroatoms. The van der Waals surface area contributed by atoms with E-state index in [1.165, 1.54) is 18.2 Å². The number of aldehydes is 1. The van der Waals surface area contributed by atoms with Gasteiger partial charge in [-0.3, -0.25) is 4.79 Å². The van der Waals surface area contributed by atoms with Crippen LogP contribution in [0.3, 0.4) is 0 Å². The highest BCUT2D eigenvalue weighted by Gasteiger charge is 2.15. The van der Waals surface area contributed by atoms with Crippen LogP contribution in [0.4, 0.5) is 0 Å². The van der Waals surface area contributed by atoms with Crippen LogP contribution in [-0.4, -0.2) is 11.3 Å². The Bertz CT molecular complexity index is 604. The lowest BCUT2D eigenvalue weighted by molar-refractivity contribution is 0.111. The van der Waals surface area contributed by atoms with E-state index in [9.17, 15) is 4.79 Å². The standard InChI is InChI=1S/C12H5Cl4NO/c13-6-3-9(15)11(10(16)4-6)12-8(14)2-1-7(5-18)17-12/h1-5H. The van der Waals surface area contributed by atoms with Gasteiger partial charge in [0, 0.05) is 10.6 Å². The number of carbonyl (C=O) groups is 1. The van der Waals surface area contributed by atoms with Crippen molar-refractivity contribution >= 4 is 52.7 Å². The van der Waals surface area contributed by atoms with Crippen molar-refractivity contribution in [1.29, 1.82) is 0 Å². The number of hydrogen-bond donors (Lipinski definition) is 0. The first-order chi connectivity index (χ1) is 8.52. The van der Waals surface area contributed by atoms with Crippen molar-refractivity contribution in [2.75, 3.05) is 0 Å². The summed E-state index contributed by atoms with van der Waals surface area (Å²) in [4.78, 5) is 14.8. The third-order valence-corrected chi connectivity index (χ3v) is 3.35. The lowest BCUT2D eigenvalue weighted by atomic mass is 10.1. The summed E-state index contributed by atoms with van der Waals surface area (Å²) >= 11 is 24.0. The fourth-order valence-corrected chi connectivity index (χ4v) is 2.66. The predicted octanol–water partition coefficient (Wildman–Crippen LogP) is 5.17. The molecule has 0 atom stereocenters. The third-order valence-electron chi connectivity index (χ3n) is 2.23. The largest absolute Gasteiger partial charge is 0.296 e. The quantitative estimate of drug-likeness (QED) is 0.714. The fraction of sp³-hybridized carbons (Fsp3) is 0. The minimum atomic E-state index is 0.247. The van der Waals surface area contributed by atoms with Crippen molar-refractivity contribution in [2.24, 2.45) is 0 Å². The molecule has 1 aromatic heterocycles. The summed E-state index contributed by atoms with van der Waals surface area (Å²) in [6.07, 6.45) is 0.623. The van der Waals surface area contributed by atoms with Gasteiger partial charge >= 0.3 is 0 Å². The van der Waals surface area contributed by atoms with E-state index in [1.807, 2.05) is 0 Å². The summed E-state index contributed by atoms with van der Waals surface area (Å²) < 4.78 is 0. The number of pyridine rings is 1. The van der Waals surface area contributed by atoms with Gasteiger partial charge in [-0.15, -0.1) is 0 Å². The number of rotatable bonds is 2. The first-order valence-corrected chi connectivity index (χ1v) is 6.30. The SMILES string of the molecule is O=Cc1ccc(Cl)c(-c2c(Cl)cc(Cl)cc2Cl)n1. The van der Waals surface area contributed by atoms with Gasteiger partial charge in [0.2, 0.25) is 0 Å².